The van der Waals surface area contributed by atoms with Crippen LogP contribution in [0.4, 0.5) is 0 Å². The first-order valence-electron chi connectivity index (χ1n) is 4.71. The number of nitrogens with two attached hydrogens (primary N) is 2. The van der Waals surface area contributed by atoms with Crippen LogP contribution in [-0.2, 0) is 0 Å². The Bertz CT molecular complexity index is 323. The Morgan fingerprint density at radius 3 is 2.50 bits per heavy atom. The van der Waals surface area contributed by atoms with Crippen molar-refractivity contribution >= 4 is 0 Å². The van der Waals surface area contributed by atoms with Crippen molar-refractivity contribution in [1.29, 1.82) is 0 Å². The van der Waals surface area contributed by atoms with E-state index >= 15 is 0 Å². The van der Waals surface area contributed by atoms with Gasteiger partial charge in [-0.15, -0.1) is 0 Å². The molecule has 0 saturated carbocycles. The van der Waals surface area contributed by atoms with Gasteiger partial charge in [0.1, 0.15) is 5.75 Å². The van der Waals surface area contributed by atoms with Crippen molar-refractivity contribution < 1.29 is 4.74 Å². The van der Waals surface area contributed by atoms with Crippen LogP contribution < -0.4 is 16.2 Å². The highest BCUT2D eigenvalue weighted by Gasteiger charge is 2.12. The minimum atomic E-state index is -0.149. The summed E-state index contributed by atoms with van der Waals surface area (Å²) in [6, 6.07) is 3.96. The Hall–Kier alpha value is -1.06. The maximum Gasteiger partial charge on any atom is 0.126 e. The second-order valence-electron chi connectivity index (χ2n) is 3.55. The molecule has 0 spiro atoms. The molecule has 0 heterocycles. The minimum absolute atomic E-state index is 0.149. The number of methoxy groups -OCH3 is 1. The van der Waals surface area contributed by atoms with Crippen LogP contribution in [0.1, 0.15) is 22.7 Å². The molecule has 0 bridgehead atoms. The fourth-order valence-electron chi connectivity index (χ4n) is 1.67. The maximum atomic E-state index is 5.90. The Kier molecular flexibility index (Phi) is 3.49. The van der Waals surface area contributed by atoms with Crippen LogP contribution in [0.2, 0.25) is 0 Å². The molecule has 0 saturated heterocycles. The fourth-order valence-corrected chi connectivity index (χ4v) is 1.67. The highest BCUT2D eigenvalue weighted by molar-refractivity contribution is 5.45. The van der Waals surface area contributed by atoms with Gasteiger partial charge in [-0.3, -0.25) is 0 Å². The smallest absolute Gasteiger partial charge is 0.126 e. The lowest BCUT2D eigenvalue weighted by molar-refractivity contribution is 0.402. The van der Waals surface area contributed by atoms with Gasteiger partial charge in [-0.05, 0) is 19.4 Å². The van der Waals surface area contributed by atoms with E-state index < -0.39 is 0 Å². The third-order valence-electron chi connectivity index (χ3n) is 2.31. The number of rotatable bonds is 3. The largest absolute Gasteiger partial charge is 0.496 e. The lowest BCUT2D eigenvalue weighted by Gasteiger charge is -2.16. The molecule has 3 nitrogen and oxygen atoms in total. The van der Waals surface area contributed by atoms with Crippen LogP contribution in [0.25, 0.3) is 0 Å². The summed E-state index contributed by atoms with van der Waals surface area (Å²) >= 11 is 0. The van der Waals surface area contributed by atoms with Gasteiger partial charge in [-0.2, -0.15) is 0 Å². The molecule has 3 heteroatoms. The van der Waals surface area contributed by atoms with Gasteiger partial charge < -0.3 is 16.2 Å². The van der Waals surface area contributed by atoms with Gasteiger partial charge in [0.15, 0.2) is 0 Å². The molecule has 0 aliphatic carbocycles. The van der Waals surface area contributed by atoms with E-state index in [0.717, 1.165) is 16.9 Å². The maximum absolute atomic E-state index is 5.90. The lowest BCUT2D eigenvalue weighted by atomic mass is 10.0. The van der Waals surface area contributed by atoms with Crippen molar-refractivity contribution in [2.24, 2.45) is 11.5 Å². The summed E-state index contributed by atoms with van der Waals surface area (Å²) in [5.41, 5.74) is 14.7. The molecule has 78 valence electrons. The van der Waals surface area contributed by atoms with E-state index in [1.54, 1.807) is 7.11 Å². The second-order valence-corrected chi connectivity index (χ2v) is 3.55. The SMILES string of the molecule is COc1c(C)cc(C)cc1[C@H](N)CN. The number of hydrogen-bond donors (Lipinski definition) is 2. The molecule has 1 rings (SSSR count). The summed E-state index contributed by atoms with van der Waals surface area (Å²) in [7, 11) is 1.66. The fraction of sp³-hybridized carbons (Fsp3) is 0.455. The van der Waals surface area contributed by atoms with E-state index in [1.165, 1.54) is 5.56 Å². The standard InChI is InChI=1S/C11H18N2O/c1-7-4-8(2)11(14-3)9(5-7)10(13)6-12/h4-5,10H,6,12-13H2,1-3H3/t10-/m1/s1. The van der Waals surface area contributed by atoms with Crippen LogP contribution in [-0.4, -0.2) is 13.7 Å². The molecule has 4 N–H and O–H groups in total. The zero-order valence-corrected chi connectivity index (χ0v) is 9.00. The van der Waals surface area contributed by atoms with Gasteiger partial charge in [-0.1, -0.05) is 17.7 Å². The van der Waals surface area contributed by atoms with E-state index in [9.17, 15) is 0 Å². The average Bonchev–Trinajstić information content (AvgIpc) is 2.15. The summed E-state index contributed by atoms with van der Waals surface area (Å²) in [6.07, 6.45) is 0. The number of hydrogen-bond acceptors (Lipinski definition) is 3. The number of benzene rings is 1. The molecular formula is C11H18N2O. The highest BCUT2D eigenvalue weighted by Crippen LogP contribution is 2.28. The molecule has 0 unspecified atom stereocenters. The summed E-state index contributed by atoms with van der Waals surface area (Å²) in [6.45, 7) is 4.48. The summed E-state index contributed by atoms with van der Waals surface area (Å²) in [5.74, 6) is 0.855. The highest BCUT2D eigenvalue weighted by atomic mass is 16.5. The van der Waals surface area contributed by atoms with Gasteiger partial charge in [0, 0.05) is 18.2 Å². The zero-order chi connectivity index (χ0) is 10.7. The van der Waals surface area contributed by atoms with Crippen molar-refractivity contribution in [3.8, 4) is 5.75 Å². The lowest BCUT2D eigenvalue weighted by Crippen LogP contribution is -2.21. The predicted octanol–water partition coefficient (Wildman–Crippen LogP) is 1.27. The zero-order valence-electron chi connectivity index (χ0n) is 9.00. The van der Waals surface area contributed by atoms with Crippen LogP contribution in [0, 0.1) is 13.8 Å². The van der Waals surface area contributed by atoms with Gasteiger partial charge in [0.2, 0.25) is 0 Å². The van der Waals surface area contributed by atoms with E-state index in [4.69, 9.17) is 16.2 Å². The molecule has 0 radical (unpaired) electrons. The van der Waals surface area contributed by atoms with Crippen LogP contribution in [0.3, 0.4) is 0 Å². The van der Waals surface area contributed by atoms with Gasteiger partial charge in [0.05, 0.1) is 7.11 Å². The van der Waals surface area contributed by atoms with Crippen LogP contribution in [0.5, 0.6) is 5.75 Å². The second kappa shape index (κ2) is 4.44. The topological polar surface area (TPSA) is 61.3 Å². The van der Waals surface area contributed by atoms with Crippen molar-refractivity contribution in [1.82, 2.24) is 0 Å². The molecule has 0 aromatic heterocycles. The molecule has 1 atom stereocenters. The minimum Gasteiger partial charge on any atom is -0.496 e. The number of ether oxygens (including phenoxy) is 1. The average molecular weight is 194 g/mol. The summed E-state index contributed by atoms with van der Waals surface area (Å²) in [4.78, 5) is 0. The molecular weight excluding hydrogens is 176 g/mol. The molecule has 0 aliphatic heterocycles. The first kappa shape index (κ1) is 11.0. The first-order valence-corrected chi connectivity index (χ1v) is 4.71. The Morgan fingerprint density at radius 1 is 1.36 bits per heavy atom. The molecule has 0 amide bonds. The third-order valence-corrected chi connectivity index (χ3v) is 2.31. The van der Waals surface area contributed by atoms with E-state index in [2.05, 4.69) is 6.07 Å². The molecule has 1 aromatic rings. The molecule has 14 heavy (non-hydrogen) atoms. The summed E-state index contributed by atoms with van der Waals surface area (Å²) in [5, 5.41) is 0. The van der Waals surface area contributed by atoms with Crippen LogP contribution >= 0.6 is 0 Å². The van der Waals surface area contributed by atoms with Crippen molar-refractivity contribution in [2.45, 2.75) is 19.9 Å². The number of aryl methyl sites for hydroxylation is 2. The Labute approximate surface area is 85.0 Å². The van der Waals surface area contributed by atoms with Crippen molar-refractivity contribution in [3.05, 3.63) is 28.8 Å². The Balaban J connectivity index is 3.24. The van der Waals surface area contributed by atoms with E-state index in [0.29, 0.717) is 6.54 Å². The van der Waals surface area contributed by atoms with Crippen molar-refractivity contribution in [2.75, 3.05) is 13.7 Å². The van der Waals surface area contributed by atoms with Gasteiger partial charge in [0.25, 0.3) is 0 Å². The molecule has 0 aliphatic rings. The van der Waals surface area contributed by atoms with Crippen LogP contribution in [0.15, 0.2) is 12.1 Å². The first-order chi connectivity index (χ1) is 6.60. The van der Waals surface area contributed by atoms with Crippen molar-refractivity contribution in [3.63, 3.8) is 0 Å². The van der Waals surface area contributed by atoms with Gasteiger partial charge in [-0.25, -0.2) is 0 Å². The van der Waals surface area contributed by atoms with E-state index in [-0.39, 0.29) is 6.04 Å². The molecule has 0 fully saturated rings. The normalized spacial score (nSPS) is 12.6. The monoisotopic (exact) mass is 194 g/mol. The quantitative estimate of drug-likeness (QED) is 0.761. The third kappa shape index (κ3) is 2.05. The Morgan fingerprint density at radius 2 is 2.00 bits per heavy atom. The summed E-state index contributed by atoms with van der Waals surface area (Å²) < 4.78 is 5.32. The van der Waals surface area contributed by atoms with Gasteiger partial charge >= 0.3 is 0 Å². The predicted molar refractivity (Wildman–Crippen MR) is 58.5 cm³/mol. The molecule has 1 aromatic carbocycles. The van der Waals surface area contributed by atoms with E-state index in [1.807, 2.05) is 19.9 Å².